The van der Waals surface area contributed by atoms with Crippen LogP contribution in [-0.4, -0.2) is 41.0 Å². The van der Waals surface area contributed by atoms with E-state index in [-0.39, 0.29) is 24.0 Å². The number of Topliss-reactive ketones (excluding diaryl/α,β-unsaturated/α-hetero) is 1. The van der Waals surface area contributed by atoms with Gasteiger partial charge in [-0.2, -0.15) is 0 Å². The second kappa shape index (κ2) is 10.0. The number of hydrogen-bond acceptors (Lipinski definition) is 4. The van der Waals surface area contributed by atoms with Crippen molar-refractivity contribution < 1.29 is 19.4 Å². The van der Waals surface area contributed by atoms with Gasteiger partial charge in [-0.25, -0.2) is 0 Å². The van der Waals surface area contributed by atoms with Gasteiger partial charge < -0.3 is 14.7 Å². The third-order valence-electron chi connectivity index (χ3n) is 4.91. The Morgan fingerprint density at radius 1 is 1.06 bits per heavy atom. The number of amides is 1. The van der Waals surface area contributed by atoms with Gasteiger partial charge in [-0.15, -0.1) is 0 Å². The maximum Gasteiger partial charge on any atom is 0.295 e. The van der Waals surface area contributed by atoms with Crippen LogP contribution < -0.4 is 0 Å². The molecule has 1 amide bonds. The highest BCUT2D eigenvalue weighted by Crippen LogP contribution is 2.42. The first-order valence-corrected chi connectivity index (χ1v) is 10.9. The molecule has 0 spiro atoms. The van der Waals surface area contributed by atoms with E-state index in [0.29, 0.717) is 39.2 Å². The highest BCUT2D eigenvalue weighted by atomic mass is 35.5. The molecule has 0 aromatic heterocycles. The van der Waals surface area contributed by atoms with Crippen LogP contribution in [0.25, 0.3) is 5.76 Å². The highest BCUT2D eigenvalue weighted by Gasteiger charge is 2.46. The Hall–Kier alpha value is -2.05. The molecule has 0 saturated carbocycles. The lowest BCUT2D eigenvalue weighted by Gasteiger charge is -2.26. The van der Waals surface area contributed by atoms with E-state index in [9.17, 15) is 14.7 Å². The summed E-state index contributed by atoms with van der Waals surface area (Å²) in [5, 5.41) is 12.2. The molecule has 31 heavy (non-hydrogen) atoms. The smallest absolute Gasteiger partial charge is 0.295 e. The zero-order valence-electron chi connectivity index (χ0n) is 17.1. The summed E-state index contributed by atoms with van der Waals surface area (Å²) < 4.78 is 5.56. The van der Waals surface area contributed by atoms with Crippen molar-refractivity contribution in [2.75, 3.05) is 13.2 Å². The minimum atomic E-state index is -0.848. The van der Waals surface area contributed by atoms with Gasteiger partial charge in [0.25, 0.3) is 11.7 Å². The van der Waals surface area contributed by atoms with E-state index in [0.717, 1.165) is 0 Å². The molecule has 164 valence electrons. The number of ether oxygens (including phenoxy) is 1. The Bertz CT molecular complexity index is 1020. The second-order valence-electron chi connectivity index (χ2n) is 7.44. The van der Waals surface area contributed by atoms with E-state index in [1.54, 1.807) is 42.5 Å². The van der Waals surface area contributed by atoms with Gasteiger partial charge in [0, 0.05) is 33.8 Å². The largest absolute Gasteiger partial charge is 0.507 e. The van der Waals surface area contributed by atoms with E-state index in [2.05, 4.69) is 0 Å². The number of aliphatic hydroxyl groups is 1. The number of likely N-dealkylation sites (tertiary alicyclic amines) is 1. The molecule has 8 heteroatoms. The average Bonchev–Trinajstić information content (AvgIpc) is 2.96. The fraction of sp³-hybridized carbons (Fsp3) is 0.304. The van der Waals surface area contributed by atoms with Gasteiger partial charge in [0.15, 0.2) is 0 Å². The SMILES string of the molecule is CC(C)OCCCN1C(=O)C(=O)C(=C(O)c2ccc(Cl)cc2)[C@@H]1c1ccc(Cl)cc1Cl. The number of carbonyl (C=O) groups excluding carboxylic acids is 2. The Kier molecular flexibility index (Phi) is 7.65. The molecule has 1 fully saturated rings. The van der Waals surface area contributed by atoms with Gasteiger partial charge in [-0.1, -0.05) is 40.9 Å². The van der Waals surface area contributed by atoms with Gasteiger partial charge in [-0.05, 0) is 62.2 Å². The molecule has 1 atom stereocenters. The number of aliphatic hydroxyl groups excluding tert-OH is 1. The third kappa shape index (κ3) is 5.24. The van der Waals surface area contributed by atoms with Crippen molar-refractivity contribution in [2.24, 2.45) is 0 Å². The van der Waals surface area contributed by atoms with Crippen molar-refractivity contribution in [1.29, 1.82) is 0 Å². The Morgan fingerprint density at radius 2 is 1.71 bits per heavy atom. The number of benzene rings is 2. The molecule has 1 aliphatic rings. The van der Waals surface area contributed by atoms with Crippen LogP contribution in [-0.2, 0) is 14.3 Å². The number of carbonyl (C=O) groups is 2. The van der Waals surface area contributed by atoms with Crippen molar-refractivity contribution >= 4 is 52.3 Å². The molecule has 0 bridgehead atoms. The van der Waals surface area contributed by atoms with Gasteiger partial charge in [0.2, 0.25) is 0 Å². The summed E-state index contributed by atoms with van der Waals surface area (Å²) in [4.78, 5) is 27.3. The van der Waals surface area contributed by atoms with Crippen LogP contribution in [0, 0.1) is 0 Å². The molecule has 1 N–H and O–H groups in total. The Labute approximate surface area is 196 Å². The molecule has 1 aliphatic heterocycles. The van der Waals surface area contributed by atoms with Crippen LogP contribution in [0.1, 0.15) is 37.4 Å². The predicted molar refractivity (Wildman–Crippen MR) is 123 cm³/mol. The quantitative estimate of drug-likeness (QED) is 0.231. The monoisotopic (exact) mass is 481 g/mol. The lowest BCUT2D eigenvalue weighted by molar-refractivity contribution is -0.140. The van der Waals surface area contributed by atoms with Crippen LogP contribution in [0.4, 0.5) is 0 Å². The van der Waals surface area contributed by atoms with Crippen LogP contribution >= 0.6 is 34.8 Å². The standard InChI is InChI=1S/C23H22Cl3NO4/c1-13(2)31-11-3-10-27-20(17-9-8-16(25)12-18(17)26)19(22(29)23(27)30)21(28)14-4-6-15(24)7-5-14/h4-9,12-13,20,28H,3,10-11H2,1-2H3/t20-/m0/s1. The highest BCUT2D eigenvalue weighted by molar-refractivity contribution is 6.47. The normalized spacial score (nSPS) is 18.3. The van der Waals surface area contributed by atoms with E-state index >= 15 is 0 Å². The summed E-state index contributed by atoms with van der Waals surface area (Å²) in [6.45, 7) is 4.54. The van der Waals surface area contributed by atoms with Crippen molar-refractivity contribution in [3.63, 3.8) is 0 Å². The van der Waals surface area contributed by atoms with Crippen molar-refractivity contribution in [1.82, 2.24) is 4.90 Å². The first kappa shape index (κ1) is 23.6. The minimum absolute atomic E-state index is 0.0266. The topological polar surface area (TPSA) is 66.8 Å². The molecular weight excluding hydrogens is 461 g/mol. The summed E-state index contributed by atoms with van der Waals surface area (Å²) in [6.07, 6.45) is 0.579. The van der Waals surface area contributed by atoms with Crippen LogP contribution in [0.15, 0.2) is 48.0 Å². The van der Waals surface area contributed by atoms with Gasteiger partial charge in [0.1, 0.15) is 5.76 Å². The Balaban J connectivity index is 2.07. The van der Waals surface area contributed by atoms with E-state index < -0.39 is 17.7 Å². The molecule has 2 aromatic rings. The summed E-state index contributed by atoms with van der Waals surface area (Å²) in [7, 11) is 0. The summed E-state index contributed by atoms with van der Waals surface area (Å²) in [5.41, 5.74) is 0.854. The fourth-order valence-electron chi connectivity index (χ4n) is 3.47. The van der Waals surface area contributed by atoms with Gasteiger partial charge in [-0.3, -0.25) is 9.59 Å². The first-order valence-electron chi connectivity index (χ1n) is 9.81. The van der Waals surface area contributed by atoms with Crippen LogP contribution in [0.5, 0.6) is 0 Å². The molecule has 0 aliphatic carbocycles. The molecule has 1 saturated heterocycles. The van der Waals surface area contributed by atoms with Crippen molar-refractivity contribution in [3.05, 3.63) is 74.2 Å². The number of nitrogens with zero attached hydrogens (tertiary/aromatic N) is 1. The van der Waals surface area contributed by atoms with Crippen molar-refractivity contribution in [3.8, 4) is 0 Å². The molecule has 3 rings (SSSR count). The number of rotatable bonds is 7. The maximum absolute atomic E-state index is 13.0. The van der Waals surface area contributed by atoms with Crippen LogP contribution in [0.3, 0.4) is 0 Å². The summed E-state index contributed by atoms with van der Waals surface area (Å²) in [5.74, 6) is -1.75. The third-order valence-corrected chi connectivity index (χ3v) is 5.72. The van der Waals surface area contributed by atoms with E-state index in [1.165, 1.54) is 4.90 Å². The second-order valence-corrected chi connectivity index (χ2v) is 8.72. The molecular formula is C23H22Cl3NO4. The van der Waals surface area contributed by atoms with E-state index in [4.69, 9.17) is 39.5 Å². The zero-order chi connectivity index (χ0) is 22.7. The van der Waals surface area contributed by atoms with Crippen molar-refractivity contribution in [2.45, 2.75) is 32.4 Å². The van der Waals surface area contributed by atoms with Gasteiger partial charge >= 0.3 is 0 Å². The molecule has 2 aromatic carbocycles. The number of ketones is 1. The number of hydrogen-bond donors (Lipinski definition) is 1. The lowest BCUT2D eigenvalue weighted by atomic mass is 9.95. The summed E-state index contributed by atoms with van der Waals surface area (Å²) in [6, 6.07) is 10.4. The Morgan fingerprint density at radius 3 is 2.32 bits per heavy atom. The summed E-state index contributed by atoms with van der Waals surface area (Å²) >= 11 is 18.4. The number of halogens is 3. The lowest BCUT2D eigenvalue weighted by Crippen LogP contribution is -2.31. The molecule has 5 nitrogen and oxygen atoms in total. The molecule has 1 heterocycles. The average molecular weight is 483 g/mol. The van der Waals surface area contributed by atoms with E-state index in [1.807, 2.05) is 13.8 Å². The van der Waals surface area contributed by atoms with Crippen LogP contribution in [0.2, 0.25) is 15.1 Å². The minimum Gasteiger partial charge on any atom is -0.507 e. The van der Waals surface area contributed by atoms with Gasteiger partial charge in [0.05, 0.1) is 17.7 Å². The zero-order valence-corrected chi connectivity index (χ0v) is 19.3. The first-order chi connectivity index (χ1) is 14.7. The molecule has 0 radical (unpaired) electrons. The molecule has 0 unspecified atom stereocenters. The predicted octanol–water partition coefficient (Wildman–Crippen LogP) is 5.88. The maximum atomic E-state index is 13.0. The fourth-order valence-corrected chi connectivity index (χ4v) is 4.11.